The van der Waals surface area contributed by atoms with Crippen molar-refractivity contribution in [1.82, 2.24) is 10.3 Å². The minimum atomic E-state index is -1.19. The number of para-hydroxylation sites is 1. The van der Waals surface area contributed by atoms with Crippen LogP contribution in [0.25, 0.3) is 0 Å². The quantitative estimate of drug-likeness (QED) is 0.340. The molecule has 2 atom stereocenters. The molecule has 0 fully saturated rings. The van der Waals surface area contributed by atoms with Crippen LogP contribution < -0.4 is 20.9 Å². The maximum absolute atomic E-state index is 14.0. The molecule has 0 spiro atoms. The number of carbonyl (C=O) groups is 2. The van der Waals surface area contributed by atoms with E-state index < -0.39 is 12.2 Å². The lowest BCUT2D eigenvalue weighted by Crippen LogP contribution is -2.49. The Bertz CT molecular complexity index is 1310. The summed E-state index contributed by atoms with van der Waals surface area (Å²) in [5, 5.41) is 18.5. The normalized spacial score (nSPS) is 16.5. The van der Waals surface area contributed by atoms with E-state index in [1.165, 1.54) is 0 Å². The van der Waals surface area contributed by atoms with Crippen molar-refractivity contribution in [1.29, 1.82) is 0 Å². The van der Waals surface area contributed by atoms with Gasteiger partial charge in [-0.15, -0.1) is 0 Å². The molecule has 9 nitrogen and oxygen atoms in total. The first-order valence-electron chi connectivity index (χ1n) is 12.7. The third kappa shape index (κ3) is 6.00. The molecule has 198 valence electrons. The minimum Gasteiger partial charge on any atom is -0.396 e. The molecule has 2 aromatic carbocycles. The van der Waals surface area contributed by atoms with Gasteiger partial charge < -0.3 is 26.0 Å². The van der Waals surface area contributed by atoms with Crippen molar-refractivity contribution in [2.24, 2.45) is 10.4 Å². The fraction of sp³-hybridized carbons (Fsp3) is 0.310. The monoisotopic (exact) mass is 514 g/mol. The zero-order valence-electron chi connectivity index (χ0n) is 21.9. The standard InChI is InChI=1S/C29H34N6O3/c1-4-29(2,19-36)15-17-35-24-14-6-5-12-22(24)25(23-13-7-8-16-31-23)33-26(27(35)37)34-28(38)32-21-11-9-10-20(18-21)30-3/h5-14,16,18,26,30,36H,4,15,17,19H2,1-3H3,(H2,32,34,38). The number of aliphatic imine (C=N–C) groups is 1. The van der Waals surface area contributed by atoms with Crippen molar-refractivity contribution in [3.63, 3.8) is 0 Å². The number of benzene rings is 2. The van der Waals surface area contributed by atoms with Crippen LogP contribution in [0.4, 0.5) is 21.9 Å². The Morgan fingerprint density at radius 3 is 2.55 bits per heavy atom. The van der Waals surface area contributed by atoms with Gasteiger partial charge in [0.15, 0.2) is 0 Å². The highest BCUT2D eigenvalue weighted by molar-refractivity contribution is 6.19. The van der Waals surface area contributed by atoms with E-state index >= 15 is 0 Å². The van der Waals surface area contributed by atoms with Crippen LogP contribution in [0.1, 0.15) is 37.9 Å². The van der Waals surface area contributed by atoms with Gasteiger partial charge in [0.1, 0.15) is 0 Å². The topological polar surface area (TPSA) is 119 Å². The van der Waals surface area contributed by atoms with E-state index in [0.29, 0.717) is 35.7 Å². The molecule has 0 aliphatic carbocycles. The van der Waals surface area contributed by atoms with E-state index in [1.54, 1.807) is 30.3 Å². The molecular weight excluding hydrogens is 480 g/mol. The molecule has 0 saturated heterocycles. The van der Waals surface area contributed by atoms with E-state index in [0.717, 1.165) is 17.7 Å². The van der Waals surface area contributed by atoms with Gasteiger partial charge in [-0.2, -0.15) is 0 Å². The highest BCUT2D eigenvalue weighted by atomic mass is 16.3. The van der Waals surface area contributed by atoms with Crippen LogP contribution in [0.3, 0.4) is 0 Å². The number of anilines is 3. The largest absolute Gasteiger partial charge is 0.396 e. The molecule has 4 N–H and O–H groups in total. The number of pyridine rings is 1. The molecule has 2 unspecified atom stereocenters. The summed E-state index contributed by atoms with van der Waals surface area (Å²) in [7, 11) is 1.80. The van der Waals surface area contributed by atoms with E-state index in [4.69, 9.17) is 4.99 Å². The Balaban J connectivity index is 1.71. The summed E-state index contributed by atoms with van der Waals surface area (Å²) in [5.74, 6) is -0.362. The molecular formula is C29H34N6O3. The summed E-state index contributed by atoms with van der Waals surface area (Å²) in [6.07, 6.45) is 1.82. The third-order valence-corrected chi connectivity index (χ3v) is 6.97. The van der Waals surface area contributed by atoms with Crippen LogP contribution in [0.5, 0.6) is 0 Å². The van der Waals surface area contributed by atoms with Gasteiger partial charge in [-0.05, 0) is 54.7 Å². The minimum absolute atomic E-state index is 0.0125. The lowest BCUT2D eigenvalue weighted by Gasteiger charge is -2.31. The Labute approximate surface area is 223 Å². The smallest absolute Gasteiger partial charge is 0.321 e. The van der Waals surface area contributed by atoms with Crippen molar-refractivity contribution in [2.45, 2.75) is 32.9 Å². The van der Waals surface area contributed by atoms with Crippen molar-refractivity contribution in [2.75, 3.05) is 35.7 Å². The number of urea groups is 1. The van der Waals surface area contributed by atoms with Crippen LogP contribution in [-0.2, 0) is 4.79 Å². The highest BCUT2D eigenvalue weighted by Crippen LogP contribution is 2.31. The molecule has 2 heterocycles. The average molecular weight is 515 g/mol. The fourth-order valence-electron chi connectivity index (χ4n) is 4.25. The zero-order chi connectivity index (χ0) is 27.1. The van der Waals surface area contributed by atoms with E-state index in [9.17, 15) is 14.7 Å². The highest BCUT2D eigenvalue weighted by Gasteiger charge is 2.34. The molecule has 0 radical (unpaired) electrons. The number of hydrogen-bond acceptors (Lipinski definition) is 6. The number of fused-ring (bicyclic) bond motifs is 1. The maximum atomic E-state index is 14.0. The number of hydrogen-bond donors (Lipinski definition) is 4. The number of aliphatic hydroxyl groups excluding tert-OH is 1. The molecule has 0 saturated carbocycles. The summed E-state index contributed by atoms with van der Waals surface area (Å²) in [4.78, 5) is 37.9. The summed E-state index contributed by atoms with van der Waals surface area (Å²) in [6.45, 7) is 4.39. The van der Waals surface area contributed by atoms with Crippen molar-refractivity contribution in [3.8, 4) is 0 Å². The third-order valence-electron chi connectivity index (χ3n) is 6.97. The Morgan fingerprint density at radius 1 is 1.08 bits per heavy atom. The van der Waals surface area contributed by atoms with Gasteiger partial charge in [0.25, 0.3) is 5.91 Å². The Kier molecular flexibility index (Phi) is 8.38. The molecule has 9 heteroatoms. The SMILES string of the molecule is CCC(C)(CO)CCN1C(=O)C(NC(=O)Nc2cccc(NC)c2)N=C(c2ccccn2)c2ccccc21. The number of aromatic nitrogens is 1. The summed E-state index contributed by atoms with van der Waals surface area (Å²) < 4.78 is 0. The van der Waals surface area contributed by atoms with Crippen molar-refractivity contribution < 1.29 is 14.7 Å². The van der Waals surface area contributed by atoms with Gasteiger partial charge in [0, 0.05) is 43.3 Å². The van der Waals surface area contributed by atoms with Crippen LogP contribution in [0.2, 0.25) is 0 Å². The van der Waals surface area contributed by atoms with Crippen LogP contribution in [0, 0.1) is 5.41 Å². The second-order valence-electron chi connectivity index (χ2n) is 9.60. The van der Waals surface area contributed by atoms with Crippen LogP contribution in [-0.4, -0.2) is 54.1 Å². The number of amides is 3. The fourth-order valence-corrected chi connectivity index (χ4v) is 4.25. The predicted octanol–water partition coefficient (Wildman–Crippen LogP) is 4.25. The first-order chi connectivity index (χ1) is 18.4. The summed E-state index contributed by atoms with van der Waals surface area (Å²) in [5.41, 5.74) is 3.61. The average Bonchev–Trinajstić information content (AvgIpc) is 3.06. The zero-order valence-corrected chi connectivity index (χ0v) is 21.9. The van der Waals surface area contributed by atoms with Gasteiger partial charge in [-0.25, -0.2) is 9.79 Å². The van der Waals surface area contributed by atoms with E-state index in [-0.39, 0.29) is 17.9 Å². The van der Waals surface area contributed by atoms with Crippen LogP contribution >= 0.6 is 0 Å². The summed E-state index contributed by atoms with van der Waals surface area (Å²) in [6, 6.07) is 19.7. The van der Waals surface area contributed by atoms with E-state index in [2.05, 4.69) is 20.9 Å². The van der Waals surface area contributed by atoms with Crippen molar-refractivity contribution >= 4 is 34.7 Å². The first-order valence-corrected chi connectivity index (χ1v) is 12.7. The molecule has 4 rings (SSSR count). The lowest BCUT2D eigenvalue weighted by atomic mass is 9.84. The van der Waals surface area contributed by atoms with Crippen LogP contribution in [0.15, 0.2) is 77.9 Å². The van der Waals surface area contributed by atoms with Gasteiger partial charge in [-0.1, -0.05) is 44.2 Å². The first kappa shape index (κ1) is 26.8. The van der Waals surface area contributed by atoms with Crippen molar-refractivity contribution in [3.05, 3.63) is 84.2 Å². The molecule has 1 aromatic heterocycles. The van der Waals surface area contributed by atoms with Gasteiger partial charge in [0.05, 0.1) is 17.1 Å². The number of nitrogens with one attached hydrogen (secondary N) is 3. The number of rotatable bonds is 9. The molecule has 1 aliphatic rings. The van der Waals surface area contributed by atoms with Gasteiger partial charge in [-0.3, -0.25) is 9.78 Å². The predicted molar refractivity (Wildman–Crippen MR) is 151 cm³/mol. The molecule has 3 amide bonds. The second-order valence-corrected chi connectivity index (χ2v) is 9.60. The van der Waals surface area contributed by atoms with Gasteiger partial charge >= 0.3 is 6.03 Å². The Morgan fingerprint density at radius 2 is 1.84 bits per heavy atom. The molecule has 0 bridgehead atoms. The maximum Gasteiger partial charge on any atom is 0.321 e. The second kappa shape index (κ2) is 11.9. The lowest BCUT2D eigenvalue weighted by molar-refractivity contribution is -0.120. The molecule has 38 heavy (non-hydrogen) atoms. The van der Waals surface area contributed by atoms with Gasteiger partial charge in [0.2, 0.25) is 6.17 Å². The number of aliphatic hydroxyl groups is 1. The number of benzodiazepines with no additional fused rings is 1. The summed E-state index contributed by atoms with van der Waals surface area (Å²) >= 11 is 0. The number of carbonyl (C=O) groups excluding carboxylic acids is 2. The molecule has 3 aromatic rings. The van der Waals surface area contributed by atoms with E-state index in [1.807, 2.05) is 68.4 Å². The number of nitrogens with zero attached hydrogens (tertiary/aromatic N) is 3. The molecule has 1 aliphatic heterocycles. The Hall–Kier alpha value is -4.24.